The van der Waals surface area contributed by atoms with Crippen molar-refractivity contribution >= 4 is 21.8 Å². The minimum Gasteiger partial charge on any atom is -0.497 e. The summed E-state index contributed by atoms with van der Waals surface area (Å²) in [6, 6.07) is 4.29. The SMILES string of the molecule is COc1ccc(OC)c(S(=O)(=O)NC(=O)CNC(=O)CC[C@@H](C)C2CCC3C4CCC5C[C@H](O)CC[C@]5(C)C4CC[C@@]32C)c1. The van der Waals surface area contributed by atoms with Crippen LogP contribution < -0.4 is 19.5 Å². The van der Waals surface area contributed by atoms with Crippen molar-refractivity contribution in [3.05, 3.63) is 18.2 Å². The van der Waals surface area contributed by atoms with Crippen LogP contribution in [0.4, 0.5) is 0 Å². The highest BCUT2D eigenvalue weighted by Gasteiger charge is 2.60. The van der Waals surface area contributed by atoms with Crippen molar-refractivity contribution in [1.29, 1.82) is 0 Å². The summed E-state index contributed by atoms with van der Waals surface area (Å²) < 4.78 is 37.9. The lowest BCUT2D eigenvalue weighted by atomic mass is 9.44. The second kappa shape index (κ2) is 12.8. The smallest absolute Gasteiger partial charge is 0.267 e. The monoisotopic (exact) mass is 632 g/mol. The molecular weight excluding hydrogens is 580 g/mol. The third kappa shape index (κ3) is 6.22. The molecule has 4 fully saturated rings. The Morgan fingerprint density at radius 2 is 1.70 bits per heavy atom. The molecule has 9 nitrogen and oxygen atoms in total. The normalized spacial score (nSPS) is 35.4. The molecule has 0 heterocycles. The summed E-state index contributed by atoms with van der Waals surface area (Å²) in [6.45, 7) is 6.90. The zero-order valence-corrected chi connectivity index (χ0v) is 27.9. The van der Waals surface area contributed by atoms with E-state index in [-0.39, 0.29) is 22.7 Å². The average molecular weight is 633 g/mol. The first-order valence-electron chi connectivity index (χ1n) is 16.5. The number of rotatable bonds is 10. The van der Waals surface area contributed by atoms with Crippen molar-refractivity contribution in [2.75, 3.05) is 20.8 Å². The Hall–Kier alpha value is -2.33. The number of sulfonamides is 1. The van der Waals surface area contributed by atoms with E-state index in [0.717, 1.165) is 43.4 Å². The predicted octanol–water partition coefficient (Wildman–Crippen LogP) is 5.06. The topological polar surface area (TPSA) is 131 Å². The molecular formula is C34H52N2O7S. The van der Waals surface area contributed by atoms with Gasteiger partial charge in [-0.1, -0.05) is 20.8 Å². The molecule has 4 saturated carbocycles. The Morgan fingerprint density at radius 3 is 2.43 bits per heavy atom. The molecule has 0 aliphatic heterocycles. The van der Waals surface area contributed by atoms with Gasteiger partial charge < -0.3 is 19.9 Å². The lowest BCUT2D eigenvalue weighted by Gasteiger charge is -2.61. The van der Waals surface area contributed by atoms with Crippen LogP contribution in [0.2, 0.25) is 0 Å². The zero-order chi connectivity index (χ0) is 31.9. The summed E-state index contributed by atoms with van der Waals surface area (Å²) in [5, 5.41) is 12.9. The number of aliphatic hydroxyl groups is 1. The fraction of sp³-hybridized carbons (Fsp3) is 0.765. The van der Waals surface area contributed by atoms with Gasteiger partial charge in [0.1, 0.15) is 16.4 Å². The van der Waals surface area contributed by atoms with E-state index in [2.05, 4.69) is 26.1 Å². The molecule has 5 unspecified atom stereocenters. The molecule has 0 bridgehead atoms. The highest BCUT2D eigenvalue weighted by molar-refractivity contribution is 7.90. The van der Waals surface area contributed by atoms with Crippen LogP contribution in [0, 0.1) is 46.3 Å². The lowest BCUT2D eigenvalue weighted by Crippen LogP contribution is -2.54. The number of methoxy groups -OCH3 is 2. The molecule has 44 heavy (non-hydrogen) atoms. The van der Waals surface area contributed by atoms with Gasteiger partial charge in [-0.25, -0.2) is 13.1 Å². The molecule has 5 rings (SSSR count). The minimum atomic E-state index is -4.23. The molecule has 246 valence electrons. The van der Waals surface area contributed by atoms with Crippen LogP contribution in [0.3, 0.4) is 0 Å². The number of fused-ring (bicyclic) bond motifs is 5. The van der Waals surface area contributed by atoms with Crippen molar-refractivity contribution in [3.8, 4) is 11.5 Å². The van der Waals surface area contributed by atoms with Crippen molar-refractivity contribution in [2.45, 2.75) is 102 Å². The molecule has 9 atom stereocenters. The van der Waals surface area contributed by atoms with Crippen LogP contribution >= 0.6 is 0 Å². The molecule has 0 saturated heterocycles. The maximum Gasteiger partial charge on any atom is 0.267 e. The van der Waals surface area contributed by atoms with E-state index in [1.165, 1.54) is 64.9 Å². The zero-order valence-electron chi connectivity index (χ0n) is 27.1. The number of aliphatic hydroxyl groups excluding tert-OH is 1. The van der Waals surface area contributed by atoms with Crippen LogP contribution in [0.25, 0.3) is 0 Å². The van der Waals surface area contributed by atoms with E-state index in [4.69, 9.17) is 9.47 Å². The van der Waals surface area contributed by atoms with Crippen molar-refractivity contribution in [1.82, 2.24) is 10.0 Å². The van der Waals surface area contributed by atoms with Gasteiger partial charge in [-0.05, 0) is 123 Å². The fourth-order valence-corrected chi connectivity index (χ4v) is 11.4. The van der Waals surface area contributed by atoms with Crippen molar-refractivity contribution in [3.63, 3.8) is 0 Å². The predicted molar refractivity (Wildman–Crippen MR) is 168 cm³/mol. The lowest BCUT2D eigenvalue weighted by molar-refractivity contribution is -0.130. The molecule has 2 amide bonds. The summed E-state index contributed by atoms with van der Waals surface area (Å²) in [5.41, 5.74) is 0.667. The van der Waals surface area contributed by atoms with Crippen LogP contribution in [-0.4, -0.2) is 52.2 Å². The largest absolute Gasteiger partial charge is 0.497 e. The third-order valence-electron chi connectivity index (χ3n) is 12.6. The number of hydrogen-bond acceptors (Lipinski definition) is 7. The number of carbonyl (C=O) groups excluding carboxylic acids is 2. The molecule has 1 aromatic carbocycles. The van der Waals surface area contributed by atoms with Gasteiger partial charge in [0.25, 0.3) is 15.9 Å². The van der Waals surface area contributed by atoms with E-state index < -0.39 is 22.5 Å². The van der Waals surface area contributed by atoms with Crippen LogP contribution in [-0.2, 0) is 19.6 Å². The maximum atomic E-state index is 12.8. The molecule has 0 radical (unpaired) electrons. The molecule has 0 aromatic heterocycles. The highest BCUT2D eigenvalue weighted by Crippen LogP contribution is 2.68. The molecule has 0 spiro atoms. The molecule has 10 heteroatoms. The fourth-order valence-electron chi connectivity index (χ4n) is 10.3. The summed E-state index contributed by atoms with van der Waals surface area (Å²) >= 11 is 0. The van der Waals surface area contributed by atoms with Crippen molar-refractivity contribution in [2.24, 2.45) is 46.3 Å². The number of ether oxygens (including phenoxy) is 2. The maximum absolute atomic E-state index is 12.8. The number of benzene rings is 1. The minimum absolute atomic E-state index is 0.0798. The Bertz CT molecular complexity index is 1330. The van der Waals surface area contributed by atoms with Crippen LogP contribution in [0.1, 0.15) is 91.4 Å². The Labute approximate surface area is 263 Å². The summed E-state index contributed by atoms with van der Waals surface area (Å²) in [4.78, 5) is 25.0. The van der Waals surface area contributed by atoms with E-state index in [1.807, 2.05) is 4.72 Å². The van der Waals surface area contributed by atoms with Gasteiger partial charge in [0.2, 0.25) is 5.91 Å². The molecule has 4 aliphatic carbocycles. The van der Waals surface area contributed by atoms with E-state index >= 15 is 0 Å². The molecule has 1 aromatic rings. The third-order valence-corrected chi connectivity index (χ3v) is 14.0. The number of nitrogens with one attached hydrogen (secondary N) is 2. The number of amides is 2. The van der Waals surface area contributed by atoms with Crippen LogP contribution in [0.5, 0.6) is 11.5 Å². The van der Waals surface area contributed by atoms with Gasteiger partial charge in [-0.3, -0.25) is 9.59 Å². The average Bonchev–Trinajstić information content (AvgIpc) is 3.36. The molecule has 4 aliphatic rings. The number of carbonyl (C=O) groups is 2. The van der Waals surface area contributed by atoms with Crippen LogP contribution in [0.15, 0.2) is 23.1 Å². The van der Waals surface area contributed by atoms with E-state index in [1.54, 1.807) is 6.07 Å². The van der Waals surface area contributed by atoms with Gasteiger partial charge >= 0.3 is 0 Å². The summed E-state index contributed by atoms with van der Waals surface area (Å²) in [6.07, 6.45) is 11.6. The Morgan fingerprint density at radius 1 is 0.977 bits per heavy atom. The van der Waals surface area contributed by atoms with Gasteiger partial charge in [-0.15, -0.1) is 0 Å². The van der Waals surface area contributed by atoms with Gasteiger partial charge in [-0.2, -0.15) is 0 Å². The quantitative estimate of drug-likeness (QED) is 0.329. The Kier molecular flexibility index (Phi) is 9.62. The second-order valence-electron chi connectivity index (χ2n) is 14.7. The van der Waals surface area contributed by atoms with Gasteiger partial charge in [0.15, 0.2) is 0 Å². The molecule has 3 N–H and O–H groups in total. The van der Waals surface area contributed by atoms with Crippen molar-refractivity contribution < 1.29 is 32.6 Å². The first-order chi connectivity index (χ1) is 20.8. The first kappa shape index (κ1) is 33.0. The number of hydrogen-bond donors (Lipinski definition) is 3. The van der Waals surface area contributed by atoms with Gasteiger partial charge in [0, 0.05) is 12.5 Å². The standard InChI is InChI=1S/C34H52N2O7S/c1-21(6-13-31(38)35-20-32(39)36-44(40,41)30-19-24(42-4)8-12-29(30)43-5)26-10-11-27-25-9-7-22-18-23(37)14-16-33(22,2)28(25)15-17-34(26,27)3/h8,12,19,21-23,25-28,37H,6-7,9-11,13-18,20H2,1-5H3,(H,35,38)(H,36,39)/t21-,22?,23-,25?,26?,27?,28?,33+,34-/m1/s1. The first-order valence-corrected chi connectivity index (χ1v) is 18.0. The second-order valence-corrected chi connectivity index (χ2v) is 16.3. The summed E-state index contributed by atoms with van der Waals surface area (Å²) in [7, 11) is -1.47. The highest BCUT2D eigenvalue weighted by atomic mass is 32.2. The van der Waals surface area contributed by atoms with E-state index in [0.29, 0.717) is 40.8 Å². The Balaban J connectivity index is 1.12. The van der Waals surface area contributed by atoms with Gasteiger partial charge in [0.05, 0.1) is 26.9 Å². The van der Waals surface area contributed by atoms with E-state index in [9.17, 15) is 23.1 Å². The summed E-state index contributed by atoms with van der Waals surface area (Å²) in [5.74, 6) is 3.22.